The van der Waals surface area contributed by atoms with Gasteiger partial charge in [0.2, 0.25) is 5.91 Å². The molecule has 7 nitrogen and oxygen atoms in total. The molecule has 0 fully saturated rings. The number of carbonyl (C=O) groups is 2. The number of hydrogen-bond acceptors (Lipinski definition) is 3. The highest BCUT2D eigenvalue weighted by atomic mass is 16.2. The summed E-state index contributed by atoms with van der Waals surface area (Å²) < 4.78 is 0. The number of nitrogens with two attached hydrogens (primary N) is 1. The van der Waals surface area contributed by atoms with Crippen molar-refractivity contribution in [2.75, 3.05) is 6.54 Å². The molecule has 0 saturated carbocycles. The lowest BCUT2D eigenvalue weighted by atomic mass is 10.0. The summed E-state index contributed by atoms with van der Waals surface area (Å²) in [5.41, 5.74) is 7.30. The number of nitrogens with one attached hydrogen (secondary N) is 3. The molecule has 0 aromatic carbocycles. The predicted octanol–water partition coefficient (Wildman–Crippen LogP) is 0.850. The van der Waals surface area contributed by atoms with Gasteiger partial charge in [-0.25, -0.2) is 4.79 Å². The second-order valence-electron chi connectivity index (χ2n) is 5.61. The van der Waals surface area contributed by atoms with Gasteiger partial charge in [0, 0.05) is 12.2 Å². The first-order chi connectivity index (χ1) is 9.90. The van der Waals surface area contributed by atoms with Gasteiger partial charge in [0.15, 0.2) is 0 Å². The summed E-state index contributed by atoms with van der Waals surface area (Å²) in [6.45, 7) is 6.50. The van der Waals surface area contributed by atoms with Gasteiger partial charge in [-0.3, -0.25) is 9.89 Å². The number of amides is 3. The van der Waals surface area contributed by atoms with Crippen LogP contribution in [0.25, 0.3) is 0 Å². The van der Waals surface area contributed by atoms with Crippen molar-refractivity contribution >= 4 is 11.9 Å². The number of aromatic amines is 1. The second kappa shape index (κ2) is 8.28. The second-order valence-corrected chi connectivity index (χ2v) is 5.61. The first-order valence-electron chi connectivity index (χ1n) is 7.22. The summed E-state index contributed by atoms with van der Waals surface area (Å²) in [6, 6.07) is -1.25. The largest absolute Gasteiger partial charge is 0.354 e. The molecule has 5 N–H and O–H groups in total. The molecule has 0 aliphatic heterocycles. The van der Waals surface area contributed by atoms with Crippen LogP contribution in [0.1, 0.15) is 37.9 Å². The van der Waals surface area contributed by atoms with Crippen molar-refractivity contribution in [3.63, 3.8) is 0 Å². The van der Waals surface area contributed by atoms with Gasteiger partial charge in [-0.05, 0) is 37.7 Å². The maximum atomic E-state index is 12.0. The maximum Gasteiger partial charge on any atom is 0.312 e. The van der Waals surface area contributed by atoms with Gasteiger partial charge in [0.05, 0.1) is 6.20 Å². The van der Waals surface area contributed by atoms with Crippen LogP contribution in [0, 0.1) is 12.8 Å². The van der Waals surface area contributed by atoms with E-state index in [-0.39, 0.29) is 5.91 Å². The van der Waals surface area contributed by atoms with Gasteiger partial charge in [-0.1, -0.05) is 13.8 Å². The van der Waals surface area contributed by atoms with Crippen LogP contribution in [0.4, 0.5) is 4.79 Å². The van der Waals surface area contributed by atoms with Crippen LogP contribution in [0.15, 0.2) is 6.20 Å². The van der Waals surface area contributed by atoms with Crippen LogP contribution in [0.2, 0.25) is 0 Å². The van der Waals surface area contributed by atoms with Crippen LogP contribution < -0.4 is 16.4 Å². The molecule has 0 spiro atoms. The fourth-order valence-corrected chi connectivity index (χ4v) is 2.12. The van der Waals surface area contributed by atoms with E-state index in [4.69, 9.17) is 5.73 Å². The lowest BCUT2D eigenvalue weighted by Crippen LogP contribution is -2.49. The molecule has 1 atom stereocenters. The van der Waals surface area contributed by atoms with E-state index < -0.39 is 12.1 Å². The minimum atomic E-state index is -0.676. The van der Waals surface area contributed by atoms with E-state index >= 15 is 0 Å². The molecule has 1 aromatic heterocycles. The topological polar surface area (TPSA) is 113 Å². The average Bonchev–Trinajstić information content (AvgIpc) is 2.78. The summed E-state index contributed by atoms with van der Waals surface area (Å²) in [5.74, 6) is 0.104. The summed E-state index contributed by atoms with van der Waals surface area (Å²) in [6.07, 6.45) is 4.03. The van der Waals surface area contributed by atoms with Crippen LogP contribution in [0.3, 0.4) is 0 Å². The average molecular weight is 295 g/mol. The molecule has 118 valence electrons. The van der Waals surface area contributed by atoms with Gasteiger partial charge in [-0.15, -0.1) is 0 Å². The van der Waals surface area contributed by atoms with Crippen molar-refractivity contribution in [2.45, 2.75) is 46.1 Å². The highest BCUT2D eigenvalue weighted by molar-refractivity contribution is 5.86. The van der Waals surface area contributed by atoms with Gasteiger partial charge < -0.3 is 16.4 Å². The van der Waals surface area contributed by atoms with Crippen molar-refractivity contribution in [1.29, 1.82) is 0 Å². The zero-order chi connectivity index (χ0) is 15.8. The molecule has 1 aromatic rings. The van der Waals surface area contributed by atoms with Crippen LogP contribution in [-0.2, 0) is 11.2 Å². The van der Waals surface area contributed by atoms with Gasteiger partial charge in [0.1, 0.15) is 6.04 Å². The van der Waals surface area contributed by atoms with E-state index in [0.29, 0.717) is 18.9 Å². The van der Waals surface area contributed by atoms with E-state index in [0.717, 1.165) is 24.1 Å². The SMILES string of the molecule is Cc1[nH]ncc1CCCNC(=O)C(CC(C)C)NC(N)=O. The predicted molar refractivity (Wildman–Crippen MR) is 80.6 cm³/mol. The first kappa shape index (κ1) is 17.0. The third kappa shape index (κ3) is 6.29. The van der Waals surface area contributed by atoms with Gasteiger partial charge >= 0.3 is 6.03 Å². The Morgan fingerprint density at radius 2 is 2.14 bits per heavy atom. The lowest BCUT2D eigenvalue weighted by molar-refractivity contribution is -0.123. The standard InChI is InChI=1S/C14H25N5O2/c1-9(2)7-12(18-14(15)21)13(20)16-6-4-5-11-8-17-19-10(11)3/h8-9,12H,4-7H2,1-3H3,(H,16,20)(H,17,19)(H3,15,18,21). The van der Waals surface area contributed by atoms with E-state index in [9.17, 15) is 9.59 Å². The van der Waals surface area contributed by atoms with Crippen molar-refractivity contribution < 1.29 is 9.59 Å². The number of H-pyrrole nitrogens is 1. The Bertz CT molecular complexity index is 470. The number of primary amides is 1. The molecule has 21 heavy (non-hydrogen) atoms. The minimum Gasteiger partial charge on any atom is -0.354 e. The number of nitrogens with zero attached hydrogens (tertiary/aromatic N) is 1. The Balaban J connectivity index is 2.35. The molecular weight excluding hydrogens is 270 g/mol. The third-order valence-corrected chi connectivity index (χ3v) is 3.20. The van der Waals surface area contributed by atoms with Crippen molar-refractivity contribution in [3.8, 4) is 0 Å². The Kier molecular flexibility index (Phi) is 6.71. The molecule has 0 saturated heterocycles. The highest BCUT2D eigenvalue weighted by Crippen LogP contribution is 2.06. The first-order valence-corrected chi connectivity index (χ1v) is 7.22. The quantitative estimate of drug-likeness (QED) is 0.533. The van der Waals surface area contributed by atoms with Gasteiger partial charge in [0.25, 0.3) is 0 Å². The molecule has 0 bridgehead atoms. The number of aromatic nitrogens is 2. The summed E-state index contributed by atoms with van der Waals surface area (Å²) in [7, 11) is 0. The van der Waals surface area contributed by atoms with E-state index in [1.807, 2.05) is 20.8 Å². The monoisotopic (exact) mass is 295 g/mol. The van der Waals surface area contributed by atoms with Crippen LogP contribution in [0.5, 0.6) is 0 Å². The highest BCUT2D eigenvalue weighted by Gasteiger charge is 2.20. The molecule has 1 unspecified atom stereocenters. The molecule has 0 aliphatic carbocycles. The Labute approximate surface area is 125 Å². The lowest BCUT2D eigenvalue weighted by Gasteiger charge is -2.19. The molecule has 7 heteroatoms. The fraction of sp³-hybridized carbons (Fsp3) is 0.643. The van der Waals surface area contributed by atoms with Crippen LogP contribution in [-0.4, -0.2) is 34.7 Å². The Morgan fingerprint density at radius 1 is 1.43 bits per heavy atom. The Hall–Kier alpha value is -2.05. The minimum absolute atomic E-state index is 0.189. The molecule has 1 rings (SSSR count). The summed E-state index contributed by atoms with van der Waals surface area (Å²) >= 11 is 0. The zero-order valence-corrected chi connectivity index (χ0v) is 12.9. The van der Waals surface area contributed by atoms with Crippen molar-refractivity contribution in [3.05, 3.63) is 17.5 Å². The van der Waals surface area contributed by atoms with E-state index in [2.05, 4.69) is 20.8 Å². The molecule has 0 radical (unpaired) electrons. The van der Waals surface area contributed by atoms with E-state index in [1.165, 1.54) is 0 Å². The number of urea groups is 1. The number of rotatable bonds is 8. The summed E-state index contributed by atoms with van der Waals surface area (Å²) in [5, 5.41) is 12.2. The Morgan fingerprint density at radius 3 is 2.67 bits per heavy atom. The maximum absolute atomic E-state index is 12.0. The smallest absolute Gasteiger partial charge is 0.312 e. The molecule has 0 aliphatic rings. The van der Waals surface area contributed by atoms with Crippen LogP contribution >= 0.6 is 0 Å². The fourth-order valence-electron chi connectivity index (χ4n) is 2.12. The number of hydrogen-bond donors (Lipinski definition) is 4. The molecular formula is C14H25N5O2. The number of carbonyl (C=O) groups excluding carboxylic acids is 2. The van der Waals surface area contributed by atoms with Crippen molar-refractivity contribution in [1.82, 2.24) is 20.8 Å². The summed E-state index contributed by atoms with van der Waals surface area (Å²) in [4.78, 5) is 23.0. The zero-order valence-electron chi connectivity index (χ0n) is 12.9. The molecule has 1 heterocycles. The molecule has 3 amide bonds. The number of aryl methyl sites for hydroxylation is 2. The third-order valence-electron chi connectivity index (χ3n) is 3.20. The normalized spacial score (nSPS) is 12.2. The van der Waals surface area contributed by atoms with Crippen molar-refractivity contribution in [2.24, 2.45) is 11.7 Å². The van der Waals surface area contributed by atoms with Gasteiger partial charge in [-0.2, -0.15) is 5.10 Å². The van der Waals surface area contributed by atoms with E-state index in [1.54, 1.807) is 6.20 Å².